The molecule has 3 N–H and O–H groups in total. The van der Waals surface area contributed by atoms with E-state index in [0.29, 0.717) is 23.5 Å². The van der Waals surface area contributed by atoms with E-state index in [4.69, 9.17) is 4.74 Å². The molecule has 2 heterocycles. The van der Waals surface area contributed by atoms with Gasteiger partial charge in [0.05, 0.1) is 11.5 Å². The van der Waals surface area contributed by atoms with Crippen LogP contribution in [-0.2, 0) is 16.6 Å². The second kappa shape index (κ2) is 17.9. The number of aromatic nitrogens is 2. The zero-order chi connectivity index (χ0) is 34.5. The second-order valence-corrected chi connectivity index (χ2v) is 14.4. The fourth-order valence-electron chi connectivity index (χ4n) is 5.20. The summed E-state index contributed by atoms with van der Waals surface area (Å²) >= 11 is 1.44. The molecule has 0 spiro atoms. The van der Waals surface area contributed by atoms with Crippen LogP contribution in [0.3, 0.4) is 0 Å². The van der Waals surface area contributed by atoms with Gasteiger partial charge in [-0.15, -0.1) is 11.3 Å². The van der Waals surface area contributed by atoms with E-state index < -0.39 is 6.04 Å². The Hall–Kier alpha value is -4.08. The second-order valence-electron chi connectivity index (χ2n) is 13.3. The summed E-state index contributed by atoms with van der Waals surface area (Å²) in [7, 11) is 0. The molecule has 0 aliphatic carbocycles. The summed E-state index contributed by atoms with van der Waals surface area (Å²) < 4.78 is 5.90. The number of nitrogens with one attached hydrogen (secondary N) is 2. The number of ether oxygens (including phenoxy) is 1. The first-order valence-corrected chi connectivity index (χ1v) is 17.9. The van der Waals surface area contributed by atoms with Gasteiger partial charge < -0.3 is 20.5 Å². The minimum absolute atomic E-state index is 0.0334. The Bertz CT molecular complexity index is 1580. The number of amides is 2. The molecule has 2 aromatic heterocycles. The van der Waals surface area contributed by atoms with Crippen molar-refractivity contribution in [3.63, 3.8) is 0 Å². The largest absolute Gasteiger partial charge is 0.494 e. The van der Waals surface area contributed by atoms with Crippen LogP contribution < -0.4 is 15.4 Å². The molecular formula is C39H50N4O4S. The highest BCUT2D eigenvalue weighted by Gasteiger charge is 2.25. The van der Waals surface area contributed by atoms with E-state index in [-0.39, 0.29) is 29.9 Å². The lowest BCUT2D eigenvalue weighted by atomic mass is 9.95. The lowest BCUT2D eigenvalue weighted by Crippen LogP contribution is -2.50. The van der Waals surface area contributed by atoms with Gasteiger partial charge in [-0.1, -0.05) is 89.8 Å². The first-order valence-electron chi connectivity index (χ1n) is 17.0. The van der Waals surface area contributed by atoms with E-state index in [0.717, 1.165) is 45.9 Å². The maximum absolute atomic E-state index is 13.3. The highest BCUT2D eigenvalue weighted by Crippen LogP contribution is 2.29. The molecule has 0 saturated heterocycles. The third-order valence-electron chi connectivity index (χ3n) is 8.15. The van der Waals surface area contributed by atoms with Crippen LogP contribution in [0.1, 0.15) is 93.3 Å². The number of nitrogens with zero attached hydrogens (tertiary/aromatic N) is 2. The predicted molar refractivity (Wildman–Crippen MR) is 194 cm³/mol. The van der Waals surface area contributed by atoms with E-state index >= 15 is 0 Å². The van der Waals surface area contributed by atoms with Gasteiger partial charge in [0.15, 0.2) is 5.82 Å². The Kier molecular flexibility index (Phi) is 13.7. The summed E-state index contributed by atoms with van der Waals surface area (Å²) in [5.41, 5.74) is 3.60. The molecule has 0 radical (unpaired) electrons. The van der Waals surface area contributed by atoms with E-state index in [1.165, 1.54) is 37.0 Å². The molecule has 2 unspecified atom stereocenters. The van der Waals surface area contributed by atoms with E-state index in [2.05, 4.69) is 48.3 Å². The number of unbranched alkanes of at least 4 members (excludes halogenated alkanes) is 4. The average Bonchev–Trinajstić information content (AvgIpc) is 3.59. The highest BCUT2D eigenvalue weighted by atomic mass is 32.1. The van der Waals surface area contributed by atoms with E-state index in [9.17, 15) is 14.7 Å². The van der Waals surface area contributed by atoms with Crippen LogP contribution in [0.5, 0.6) is 5.75 Å². The predicted octanol–water partition coefficient (Wildman–Crippen LogP) is 7.75. The Morgan fingerprint density at radius 1 is 0.854 bits per heavy atom. The van der Waals surface area contributed by atoms with Crippen molar-refractivity contribution in [3.8, 4) is 28.3 Å². The Balaban J connectivity index is 1.39. The van der Waals surface area contributed by atoms with E-state index in [1.54, 1.807) is 0 Å². The van der Waals surface area contributed by atoms with Crippen molar-refractivity contribution in [2.45, 2.75) is 97.1 Å². The lowest BCUT2D eigenvalue weighted by molar-refractivity contribution is -0.123. The van der Waals surface area contributed by atoms with Gasteiger partial charge in [0, 0.05) is 47.5 Å². The van der Waals surface area contributed by atoms with Crippen molar-refractivity contribution >= 4 is 23.2 Å². The molecule has 0 saturated carbocycles. The fourth-order valence-corrected chi connectivity index (χ4v) is 6.17. The zero-order valence-electron chi connectivity index (χ0n) is 28.9. The molecule has 0 bridgehead atoms. The molecule has 2 amide bonds. The maximum atomic E-state index is 13.3. The van der Waals surface area contributed by atoms with Gasteiger partial charge in [-0.05, 0) is 60.6 Å². The number of aliphatic hydroxyl groups excluding tert-OH is 1. The molecule has 4 aromatic rings. The van der Waals surface area contributed by atoms with Crippen LogP contribution in [-0.4, -0.2) is 52.2 Å². The minimum Gasteiger partial charge on any atom is -0.494 e. The highest BCUT2D eigenvalue weighted by molar-refractivity contribution is 7.14. The number of hydrogen-bond acceptors (Lipinski definition) is 7. The Morgan fingerprint density at radius 2 is 1.52 bits per heavy atom. The van der Waals surface area contributed by atoms with E-state index in [1.807, 2.05) is 80.0 Å². The van der Waals surface area contributed by atoms with Crippen LogP contribution in [0.2, 0.25) is 0 Å². The molecule has 9 heteroatoms. The molecule has 256 valence electrons. The van der Waals surface area contributed by atoms with Crippen LogP contribution in [0.4, 0.5) is 0 Å². The van der Waals surface area contributed by atoms with Crippen LogP contribution in [0, 0.1) is 0 Å². The quantitative estimate of drug-likeness (QED) is 0.0991. The molecule has 48 heavy (non-hydrogen) atoms. The summed E-state index contributed by atoms with van der Waals surface area (Å²) in [4.78, 5) is 37.4. The summed E-state index contributed by atoms with van der Waals surface area (Å²) in [6, 6.07) is 18.5. The normalized spacial score (nSPS) is 12.7. The number of rotatable bonds is 17. The topological polar surface area (TPSA) is 113 Å². The van der Waals surface area contributed by atoms with Gasteiger partial charge >= 0.3 is 0 Å². The van der Waals surface area contributed by atoms with Crippen molar-refractivity contribution in [1.29, 1.82) is 0 Å². The third kappa shape index (κ3) is 11.0. The van der Waals surface area contributed by atoms with Gasteiger partial charge in [0.1, 0.15) is 11.8 Å². The summed E-state index contributed by atoms with van der Waals surface area (Å²) in [6.07, 6.45) is 10.4. The van der Waals surface area contributed by atoms with Crippen molar-refractivity contribution in [1.82, 2.24) is 20.6 Å². The zero-order valence-corrected chi connectivity index (χ0v) is 29.7. The lowest BCUT2D eigenvalue weighted by Gasteiger charge is -2.21. The SMILES string of the molecule is CCCCCCCOc1ccc(-c2cnc(-c3ccc(CC(NC(=O)c4ccc(C(C)(C)C)s4)C(=O)NC(C)CCO)cc3)nc2)cc1. The smallest absolute Gasteiger partial charge is 0.262 e. The maximum Gasteiger partial charge on any atom is 0.262 e. The molecule has 2 atom stereocenters. The number of aliphatic hydroxyl groups is 1. The fraction of sp³-hybridized carbons (Fsp3) is 0.436. The number of carbonyl (C=O) groups excluding carboxylic acids is 2. The molecular weight excluding hydrogens is 621 g/mol. The molecule has 8 nitrogen and oxygen atoms in total. The van der Waals surface area contributed by atoms with Crippen LogP contribution >= 0.6 is 11.3 Å². The van der Waals surface area contributed by atoms with Crippen molar-refractivity contribution in [2.75, 3.05) is 13.2 Å². The number of carbonyl (C=O) groups is 2. The van der Waals surface area contributed by atoms with Gasteiger partial charge in [0.2, 0.25) is 5.91 Å². The minimum atomic E-state index is -0.789. The van der Waals surface area contributed by atoms with Crippen molar-refractivity contribution < 1.29 is 19.4 Å². The standard InChI is InChI=1S/C39H50N4O4S/c1-6-7-8-9-10-23-47-32-17-15-29(16-18-32)31-25-40-36(41-26-31)30-13-11-28(12-14-30)24-33(37(45)42-27(2)21-22-44)43-38(46)34-19-20-35(48-34)39(3,4)5/h11-20,25-27,33,44H,6-10,21-24H2,1-5H3,(H,42,45)(H,43,46). The molecule has 4 rings (SSSR count). The number of benzene rings is 2. The number of thiophene rings is 1. The molecule has 0 fully saturated rings. The molecule has 0 aliphatic heterocycles. The summed E-state index contributed by atoms with van der Waals surface area (Å²) in [5, 5.41) is 15.2. The van der Waals surface area contributed by atoms with Gasteiger partial charge in [-0.2, -0.15) is 0 Å². The number of hydrogen-bond donors (Lipinski definition) is 3. The first-order chi connectivity index (χ1) is 23.1. The average molecular weight is 671 g/mol. The monoisotopic (exact) mass is 670 g/mol. The summed E-state index contributed by atoms with van der Waals surface area (Å²) in [6.45, 7) is 11.1. The summed E-state index contributed by atoms with van der Waals surface area (Å²) in [5.74, 6) is 0.894. The van der Waals surface area contributed by atoms with Crippen LogP contribution in [0.25, 0.3) is 22.5 Å². The van der Waals surface area contributed by atoms with Crippen molar-refractivity contribution in [3.05, 3.63) is 88.4 Å². The van der Waals surface area contributed by atoms with Crippen molar-refractivity contribution in [2.24, 2.45) is 0 Å². The van der Waals surface area contributed by atoms with Gasteiger partial charge in [0.25, 0.3) is 5.91 Å². The third-order valence-corrected chi connectivity index (χ3v) is 9.66. The Morgan fingerprint density at radius 3 is 2.15 bits per heavy atom. The van der Waals surface area contributed by atoms with Gasteiger partial charge in [-0.25, -0.2) is 9.97 Å². The Labute approximate surface area is 289 Å². The van der Waals surface area contributed by atoms with Crippen LogP contribution in [0.15, 0.2) is 73.1 Å². The molecule has 0 aliphatic rings. The first kappa shape index (κ1) is 36.8. The van der Waals surface area contributed by atoms with Gasteiger partial charge in [-0.3, -0.25) is 9.59 Å². The molecule has 2 aromatic carbocycles.